The van der Waals surface area contributed by atoms with Gasteiger partial charge in [-0.25, -0.2) is 14.8 Å². The monoisotopic (exact) mass is 384 g/mol. The first kappa shape index (κ1) is 17.6. The number of carbonyl (C=O) groups is 1. The number of imidazole rings is 1. The fourth-order valence-electron chi connectivity index (χ4n) is 3.83. The van der Waals surface area contributed by atoms with E-state index in [1.54, 1.807) is 18.6 Å². The minimum absolute atomic E-state index is 0. The lowest BCUT2D eigenvalue weighted by molar-refractivity contribution is -0.123. The summed E-state index contributed by atoms with van der Waals surface area (Å²) in [6.45, 7) is 1.46. The predicted octanol–water partition coefficient (Wildman–Crippen LogP) is 3.40. The van der Waals surface area contributed by atoms with Crippen LogP contribution in [0.4, 0.5) is 18.0 Å². The zero-order chi connectivity index (χ0) is 19.2. The van der Waals surface area contributed by atoms with Crippen molar-refractivity contribution in [2.75, 3.05) is 19.6 Å². The van der Waals surface area contributed by atoms with Crippen LogP contribution in [0.2, 0.25) is 0 Å². The van der Waals surface area contributed by atoms with Crippen LogP contribution < -0.4 is 5.32 Å². The van der Waals surface area contributed by atoms with Crippen LogP contribution in [-0.4, -0.2) is 56.1 Å². The fraction of sp³-hybridized carbons (Fsp3) is 0.471. The molecule has 3 aromatic heterocycles. The van der Waals surface area contributed by atoms with Crippen molar-refractivity contribution >= 4 is 22.8 Å². The van der Waals surface area contributed by atoms with Gasteiger partial charge in [0, 0.05) is 39.9 Å². The Morgan fingerprint density at radius 1 is 1.37 bits per heavy atom. The number of carbonyl (C=O) groups excluding carboxylic acids is 1. The van der Waals surface area contributed by atoms with E-state index in [1.807, 2.05) is 22.7 Å². The number of nitrogens with zero attached hydrogens (tertiary/aromatic N) is 4. The van der Waals surface area contributed by atoms with Gasteiger partial charge in [-0.2, -0.15) is 13.2 Å². The van der Waals surface area contributed by atoms with Crippen LogP contribution >= 0.6 is 0 Å². The molecular formula is C17H23F3N6O. The lowest BCUT2D eigenvalue weighted by atomic mass is 9.91. The van der Waals surface area contributed by atoms with E-state index in [-0.39, 0.29) is 14.7 Å². The second-order valence-electron chi connectivity index (χ2n) is 6.80. The van der Waals surface area contributed by atoms with Crippen molar-refractivity contribution in [2.24, 2.45) is 5.92 Å². The Bertz CT molecular complexity index is 989. The van der Waals surface area contributed by atoms with E-state index in [9.17, 15) is 18.0 Å². The predicted molar refractivity (Wildman–Crippen MR) is 96.6 cm³/mol. The van der Waals surface area contributed by atoms with Crippen molar-refractivity contribution in [1.29, 1.82) is 0 Å². The normalized spacial score (nSPS) is 20.7. The third-order valence-corrected chi connectivity index (χ3v) is 5.14. The lowest BCUT2D eigenvalue weighted by Crippen LogP contribution is -2.42. The van der Waals surface area contributed by atoms with E-state index in [1.165, 1.54) is 4.90 Å². The molecule has 0 aliphatic carbocycles. The topological polar surface area (TPSA) is 78.3 Å². The van der Waals surface area contributed by atoms with E-state index in [2.05, 4.69) is 15.0 Å². The molecule has 2 amide bonds. The fourth-order valence-corrected chi connectivity index (χ4v) is 3.83. The van der Waals surface area contributed by atoms with Gasteiger partial charge in [0.2, 0.25) is 0 Å². The van der Waals surface area contributed by atoms with Gasteiger partial charge in [0.05, 0.1) is 11.7 Å². The van der Waals surface area contributed by atoms with Gasteiger partial charge in [0.15, 0.2) is 11.3 Å². The highest BCUT2D eigenvalue weighted by atomic mass is 19.4. The van der Waals surface area contributed by atoms with E-state index >= 15 is 0 Å². The molecule has 1 aliphatic heterocycles. The number of rotatable bonds is 3. The molecule has 1 saturated heterocycles. The lowest BCUT2D eigenvalue weighted by Gasteiger charge is -2.18. The minimum Gasteiger partial charge on any atom is -0.345 e. The molecule has 4 heterocycles. The zero-order valence-electron chi connectivity index (χ0n) is 14.6. The molecule has 0 bridgehead atoms. The second-order valence-corrected chi connectivity index (χ2v) is 6.80. The van der Waals surface area contributed by atoms with Crippen LogP contribution in [0.25, 0.3) is 16.8 Å². The SMILES string of the molecule is CCC1CN(C(=O)NCC(F)(F)F)CC1c1cnc2cnc3[nH]ccc3n12.[HH].[HH]. The van der Waals surface area contributed by atoms with Crippen molar-refractivity contribution in [1.82, 2.24) is 29.6 Å². The third-order valence-electron chi connectivity index (χ3n) is 5.14. The van der Waals surface area contributed by atoms with Crippen LogP contribution in [0.1, 0.15) is 27.8 Å². The van der Waals surface area contributed by atoms with Crippen LogP contribution in [0.3, 0.4) is 0 Å². The molecule has 0 radical (unpaired) electrons. The van der Waals surface area contributed by atoms with Gasteiger partial charge in [-0.15, -0.1) is 0 Å². The quantitative estimate of drug-likeness (QED) is 0.727. The summed E-state index contributed by atoms with van der Waals surface area (Å²) in [7, 11) is 0. The molecule has 1 aliphatic rings. The number of H-pyrrole nitrogens is 1. The molecule has 2 atom stereocenters. The number of alkyl halides is 3. The molecule has 2 unspecified atom stereocenters. The second kappa shape index (κ2) is 6.43. The van der Waals surface area contributed by atoms with Gasteiger partial charge < -0.3 is 15.2 Å². The molecule has 27 heavy (non-hydrogen) atoms. The highest BCUT2D eigenvalue weighted by Crippen LogP contribution is 2.35. The van der Waals surface area contributed by atoms with Crippen LogP contribution in [0, 0.1) is 5.92 Å². The Morgan fingerprint density at radius 3 is 2.93 bits per heavy atom. The van der Waals surface area contributed by atoms with Gasteiger partial charge in [-0.3, -0.25) is 4.40 Å². The highest BCUT2D eigenvalue weighted by molar-refractivity contribution is 5.76. The summed E-state index contributed by atoms with van der Waals surface area (Å²) in [5, 5.41) is 1.96. The largest absolute Gasteiger partial charge is 0.405 e. The third kappa shape index (κ3) is 3.19. The highest BCUT2D eigenvalue weighted by Gasteiger charge is 2.38. The minimum atomic E-state index is -4.42. The molecular weight excluding hydrogens is 361 g/mol. The van der Waals surface area contributed by atoms with Gasteiger partial charge in [0.1, 0.15) is 6.54 Å². The molecule has 0 saturated carbocycles. The number of aromatic amines is 1. The molecule has 0 spiro atoms. The smallest absolute Gasteiger partial charge is 0.345 e. The van der Waals surface area contributed by atoms with Crippen LogP contribution in [-0.2, 0) is 0 Å². The number of amides is 2. The van der Waals surface area contributed by atoms with Crippen LogP contribution in [0.5, 0.6) is 0 Å². The maximum Gasteiger partial charge on any atom is 0.405 e. The number of likely N-dealkylation sites (tertiary alicyclic amines) is 1. The van der Waals surface area contributed by atoms with Crippen molar-refractivity contribution < 1.29 is 20.8 Å². The van der Waals surface area contributed by atoms with Gasteiger partial charge in [0.25, 0.3) is 0 Å². The summed E-state index contributed by atoms with van der Waals surface area (Å²) >= 11 is 0. The van der Waals surface area contributed by atoms with Crippen molar-refractivity contribution in [2.45, 2.75) is 25.4 Å². The summed E-state index contributed by atoms with van der Waals surface area (Å²) in [4.78, 5) is 25.4. The first-order valence-corrected chi connectivity index (χ1v) is 8.76. The Labute approximate surface area is 155 Å². The van der Waals surface area contributed by atoms with E-state index in [0.29, 0.717) is 18.7 Å². The number of nitrogens with one attached hydrogen (secondary N) is 2. The number of hydrogen-bond donors (Lipinski definition) is 2. The molecule has 1 fully saturated rings. The van der Waals surface area contributed by atoms with E-state index in [0.717, 1.165) is 23.3 Å². The Hall–Kier alpha value is -2.78. The first-order chi connectivity index (χ1) is 12.9. The Morgan fingerprint density at radius 2 is 2.19 bits per heavy atom. The van der Waals surface area contributed by atoms with Crippen molar-refractivity contribution in [3.05, 3.63) is 30.4 Å². The number of halogens is 3. The average molecular weight is 384 g/mol. The Balaban J connectivity index is 0.00000150. The number of aromatic nitrogens is 4. The summed E-state index contributed by atoms with van der Waals surface area (Å²) in [5.74, 6) is 0.130. The molecule has 2 N–H and O–H groups in total. The molecule has 148 valence electrons. The number of fused-ring (bicyclic) bond motifs is 3. The van der Waals surface area contributed by atoms with E-state index < -0.39 is 18.8 Å². The maximum atomic E-state index is 12.4. The van der Waals surface area contributed by atoms with Crippen molar-refractivity contribution in [3.63, 3.8) is 0 Å². The number of hydrogen-bond acceptors (Lipinski definition) is 3. The summed E-state index contributed by atoms with van der Waals surface area (Å²) < 4.78 is 39.2. The standard InChI is InChI=1S/C17H19F3N6O.2H2/c1-2-10-7-25(16(27)24-9-17(18,19)20)8-11(10)13-5-22-14-6-23-15-12(26(13)14)3-4-21-15;;/h3-6,10-11,21H,2,7-9H2,1H3,(H,24,27);2*1H. The summed E-state index contributed by atoms with van der Waals surface area (Å²) in [6.07, 6.45) is 1.62. The maximum absolute atomic E-state index is 12.4. The average Bonchev–Trinajstić information content (AvgIpc) is 3.33. The van der Waals surface area contributed by atoms with Crippen LogP contribution in [0.15, 0.2) is 24.7 Å². The van der Waals surface area contributed by atoms with Gasteiger partial charge in [-0.1, -0.05) is 13.3 Å². The summed E-state index contributed by atoms with van der Waals surface area (Å²) in [5.41, 5.74) is 3.25. The molecule has 7 nitrogen and oxygen atoms in total. The zero-order valence-corrected chi connectivity index (χ0v) is 14.6. The van der Waals surface area contributed by atoms with Gasteiger partial charge >= 0.3 is 12.2 Å². The Kier molecular flexibility index (Phi) is 4.20. The molecule has 0 aromatic carbocycles. The first-order valence-electron chi connectivity index (χ1n) is 8.76. The number of urea groups is 1. The molecule has 3 aromatic rings. The van der Waals surface area contributed by atoms with Gasteiger partial charge in [-0.05, 0) is 12.0 Å². The molecule has 10 heteroatoms. The van der Waals surface area contributed by atoms with Crippen molar-refractivity contribution in [3.8, 4) is 0 Å². The van der Waals surface area contributed by atoms with E-state index in [4.69, 9.17) is 0 Å². The molecule has 4 rings (SSSR count). The summed E-state index contributed by atoms with van der Waals surface area (Å²) in [6, 6.07) is 1.22.